The van der Waals surface area contributed by atoms with Crippen LogP contribution in [0, 0.1) is 0 Å². The Balaban J connectivity index is 1.65. The number of hydrogen-bond acceptors (Lipinski definition) is 4. The first kappa shape index (κ1) is 16.5. The Labute approximate surface area is 149 Å². The number of nitrogens with zero attached hydrogens (tertiary/aromatic N) is 1. The van der Waals surface area contributed by atoms with Crippen LogP contribution in [0.4, 0.5) is 0 Å². The summed E-state index contributed by atoms with van der Waals surface area (Å²) >= 11 is 7.60. The maximum atomic E-state index is 12.2. The molecule has 0 bridgehead atoms. The summed E-state index contributed by atoms with van der Waals surface area (Å²) in [6.07, 6.45) is 0. The lowest BCUT2D eigenvalue weighted by atomic mass is 10.2. The summed E-state index contributed by atoms with van der Waals surface area (Å²) in [5, 5.41) is 6.14. The second-order valence-corrected chi connectivity index (χ2v) is 6.31. The first-order chi connectivity index (χ1) is 11.7. The number of halogens is 1. The van der Waals surface area contributed by atoms with Gasteiger partial charge in [-0.25, -0.2) is 4.98 Å². The number of rotatable bonds is 5. The van der Waals surface area contributed by atoms with Crippen molar-refractivity contribution in [2.45, 2.75) is 6.54 Å². The van der Waals surface area contributed by atoms with Crippen LogP contribution in [0.5, 0.6) is 5.75 Å². The second-order valence-electron chi connectivity index (χ2n) is 5.04. The van der Waals surface area contributed by atoms with E-state index in [0.29, 0.717) is 22.9 Å². The number of carbonyl (C=O) groups is 1. The summed E-state index contributed by atoms with van der Waals surface area (Å²) in [5.41, 5.74) is 2.38. The summed E-state index contributed by atoms with van der Waals surface area (Å²) in [4.78, 5) is 16.8. The van der Waals surface area contributed by atoms with Crippen molar-refractivity contribution in [1.29, 1.82) is 0 Å². The van der Waals surface area contributed by atoms with Gasteiger partial charge in [0.25, 0.3) is 5.91 Å². The van der Waals surface area contributed by atoms with Gasteiger partial charge in [0.2, 0.25) is 0 Å². The highest BCUT2D eigenvalue weighted by Gasteiger charge is 2.10. The molecule has 24 heavy (non-hydrogen) atoms. The Kier molecular flexibility index (Phi) is 5.13. The van der Waals surface area contributed by atoms with Crippen LogP contribution < -0.4 is 10.1 Å². The topological polar surface area (TPSA) is 51.2 Å². The van der Waals surface area contributed by atoms with Gasteiger partial charge in [0.1, 0.15) is 10.8 Å². The normalized spacial score (nSPS) is 10.4. The molecule has 0 aliphatic carbocycles. The van der Waals surface area contributed by atoms with E-state index in [4.69, 9.17) is 16.3 Å². The molecule has 3 rings (SSSR count). The third-order valence-corrected chi connectivity index (χ3v) is 4.65. The fourth-order valence-corrected chi connectivity index (χ4v) is 3.27. The fraction of sp³-hybridized carbons (Fsp3) is 0.111. The predicted octanol–water partition coefficient (Wildman–Crippen LogP) is 4.40. The van der Waals surface area contributed by atoms with Crippen molar-refractivity contribution in [3.05, 3.63) is 70.2 Å². The van der Waals surface area contributed by atoms with E-state index in [-0.39, 0.29) is 5.91 Å². The quantitative estimate of drug-likeness (QED) is 0.735. The number of amides is 1. The smallest absolute Gasteiger partial charge is 0.251 e. The minimum Gasteiger partial charge on any atom is -0.495 e. The Bertz CT molecular complexity index is 849. The van der Waals surface area contributed by atoms with Gasteiger partial charge in [-0.05, 0) is 18.2 Å². The van der Waals surface area contributed by atoms with Crippen LogP contribution in [-0.4, -0.2) is 18.0 Å². The zero-order valence-electron chi connectivity index (χ0n) is 13.0. The summed E-state index contributed by atoms with van der Waals surface area (Å²) in [7, 11) is 1.54. The van der Waals surface area contributed by atoms with Crippen LogP contribution in [0.2, 0.25) is 5.02 Å². The highest BCUT2D eigenvalue weighted by atomic mass is 35.5. The van der Waals surface area contributed by atoms with Gasteiger partial charge < -0.3 is 10.1 Å². The lowest BCUT2D eigenvalue weighted by Gasteiger charge is -2.06. The largest absolute Gasteiger partial charge is 0.495 e. The van der Waals surface area contributed by atoms with Crippen LogP contribution >= 0.6 is 22.9 Å². The average molecular weight is 359 g/mol. The van der Waals surface area contributed by atoms with Crippen molar-refractivity contribution in [2.24, 2.45) is 0 Å². The Morgan fingerprint density at radius 2 is 2.04 bits per heavy atom. The first-order valence-corrected chi connectivity index (χ1v) is 8.54. The van der Waals surface area contributed by atoms with E-state index in [1.54, 1.807) is 29.5 Å². The SMILES string of the molecule is COc1ccc(C(=O)NCc2csc(-c3ccccc3)n2)cc1Cl. The number of thiazole rings is 1. The molecule has 122 valence electrons. The molecule has 3 aromatic rings. The van der Waals surface area contributed by atoms with E-state index in [2.05, 4.69) is 10.3 Å². The Morgan fingerprint density at radius 3 is 2.75 bits per heavy atom. The zero-order chi connectivity index (χ0) is 16.9. The van der Waals surface area contributed by atoms with Gasteiger partial charge in [-0.15, -0.1) is 11.3 Å². The standard InChI is InChI=1S/C18H15ClN2O2S/c1-23-16-8-7-13(9-15(16)19)17(22)20-10-14-11-24-18(21-14)12-5-3-2-4-6-12/h2-9,11H,10H2,1H3,(H,20,22). The number of aromatic nitrogens is 1. The fourth-order valence-electron chi connectivity index (χ4n) is 2.18. The van der Waals surface area contributed by atoms with E-state index in [1.807, 2.05) is 35.7 Å². The summed E-state index contributed by atoms with van der Waals surface area (Å²) in [6, 6.07) is 14.9. The lowest BCUT2D eigenvalue weighted by Crippen LogP contribution is -2.22. The molecule has 0 unspecified atom stereocenters. The van der Waals surface area contributed by atoms with E-state index in [0.717, 1.165) is 16.3 Å². The summed E-state index contributed by atoms with van der Waals surface area (Å²) < 4.78 is 5.08. The van der Waals surface area contributed by atoms with E-state index in [1.165, 1.54) is 7.11 Å². The van der Waals surface area contributed by atoms with Crippen molar-refractivity contribution in [3.8, 4) is 16.3 Å². The second kappa shape index (κ2) is 7.47. The van der Waals surface area contributed by atoms with Gasteiger partial charge in [0, 0.05) is 16.5 Å². The molecule has 0 atom stereocenters. The van der Waals surface area contributed by atoms with Crippen molar-refractivity contribution in [3.63, 3.8) is 0 Å². The van der Waals surface area contributed by atoms with Gasteiger partial charge >= 0.3 is 0 Å². The van der Waals surface area contributed by atoms with Gasteiger partial charge in [-0.2, -0.15) is 0 Å². The molecule has 0 spiro atoms. The molecule has 0 saturated heterocycles. The number of ether oxygens (including phenoxy) is 1. The molecule has 0 aliphatic heterocycles. The summed E-state index contributed by atoms with van der Waals surface area (Å²) in [5.74, 6) is 0.342. The van der Waals surface area contributed by atoms with Crippen molar-refractivity contribution in [1.82, 2.24) is 10.3 Å². The Hall–Kier alpha value is -2.37. The maximum Gasteiger partial charge on any atom is 0.251 e. The molecule has 1 aromatic heterocycles. The van der Waals surface area contributed by atoms with Crippen molar-refractivity contribution in [2.75, 3.05) is 7.11 Å². The Morgan fingerprint density at radius 1 is 1.25 bits per heavy atom. The number of hydrogen-bond donors (Lipinski definition) is 1. The minimum absolute atomic E-state index is 0.200. The van der Waals surface area contributed by atoms with Crippen LogP contribution in [-0.2, 0) is 6.54 Å². The molecule has 1 N–H and O–H groups in total. The third kappa shape index (κ3) is 3.75. The summed E-state index contributed by atoms with van der Waals surface area (Å²) in [6.45, 7) is 0.367. The van der Waals surface area contributed by atoms with Gasteiger partial charge in [0.05, 0.1) is 24.4 Å². The molecule has 1 amide bonds. The third-order valence-electron chi connectivity index (χ3n) is 3.42. The molecule has 2 aromatic carbocycles. The zero-order valence-corrected chi connectivity index (χ0v) is 14.5. The number of carbonyl (C=O) groups excluding carboxylic acids is 1. The molecular weight excluding hydrogens is 344 g/mol. The maximum absolute atomic E-state index is 12.2. The molecule has 0 aliphatic rings. The van der Waals surface area contributed by atoms with Crippen LogP contribution in [0.15, 0.2) is 53.9 Å². The molecule has 0 fully saturated rings. The van der Waals surface area contributed by atoms with E-state index >= 15 is 0 Å². The van der Waals surface area contributed by atoms with Crippen LogP contribution in [0.25, 0.3) is 10.6 Å². The van der Waals surface area contributed by atoms with Gasteiger partial charge in [-0.3, -0.25) is 4.79 Å². The van der Waals surface area contributed by atoms with Crippen LogP contribution in [0.3, 0.4) is 0 Å². The van der Waals surface area contributed by atoms with Crippen molar-refractivity contribution < 1.29 is 9.53 Å². The van der Waals surface area contributed by atoms with Gasteiger partial charge in [0.15, 0.2) is 0 Å². The van der Waals surface area contributed by atoms with Gasteiger partial charge in [-0.1, -0.05) is 41.9 Å². The number of benzene rings is 2. The molecule has 6 heteroatoms. The molecular formula is C18H15ClN2O2S. The molecule has 4 nitrogen and oxygen atoms in total. The van der Waals surface area contributed by atoms with Crippen LogP contribution in [0.1, 0.15) is 16.1 Å². The molecule has 1 heterocycles. The number of methoxy groups -OCH3 is 1. The van der Waals surface area contributed by atoms with E-state index < -0.39 is 0 Å². The van der Waals surface area contributed by atoms with Crippen molar-refractivity contribution >= 4 is 28.8 Å². The monoisotopic (exact) mass is 358 g/mol. The lowest BCUT2D eigenvalue weighted by molar-refractivity contribution is 0.0950. The average Bonchev–Trinajstić information content (AvgIpc) is 3.09. The highest BCUT2D eigenvalue weighted by molar-refractivity contribution is 7.13. The predicted molar refractivity (Wildman–Crippen MR) is 96.7 cm³/mol. The minimum atomic E-state index is -0.200. The highest BCUT2D eigenvalue weighted by Crippen LogP contribution is 2.25. The van der Waals surface area contributed by atoms with E-state index in [9.17, 15) is 4.79 Å². The number of nitrogens with one attached hydrogen (secondary N) is 1. The molecule has 0 saturated carbocycles. The molecule has 0 radical (unpaired) electrons. The first-order valence-electron chi connectivity index (χ1n) is 7.29.